The molecule has 7 heteroatoms. The Morgan fingerprint density at radius 3 is 2.73 bits per heavy atom. The summed E-state index contributed by atoms with van der Waals surface area (Å²) in [5, 5.41) is 7.22. The van der Waals surface area contributed by atoms with Crippen LogP contribution in [0.25, 0.3) is 0 Å². The van der Waals surface area contributed by atoms with Crippen LogP contribution < -0.4 is 9.21 Å². The molecule has 0 bridgehead atoms. The molecule has 0 aliphatic carbocycles. The van der Waals surface area contributed by atoms with E-state index in [0.29, 0.717) is 5.16 Å². The standard InChI is InChI=1S/C15H19N5OS/c1-12(21)20(22-15-16-11-17-18-15)14-8-4-3-7-13(14)19-9-5-2-6-10-19/h3-4,7-8,11H,2,5-6,9-10H2,1H3,(H,16,17,18). The number of nitrogens with zero attached hydrogens (tertiary/aromatic N) is 4. The average molecular weight is 317 g/mol. The lowest BCUT2D eigenvalue weighted by Gasteiger charge is -2.32. The number of rotatable bonds is 4. The molecule has 0 atom stereocenters. The van der Waals surface area contributed by atoms with Gasteiger partial charge in [0.25, 0.3) is 0 Å². The molecule has 1 aliphatic rings. The zero-order chi connectivity index (χ0) is 15.4. The van der Waals surface area contributed by atoms with Crippen molar-refractivity contribution in [3.8, 4) is 0 Å². The number of piperidine rings is 1. The molecule has 6 nitrogen and oxygen atoms in total. The van der Waals surface area contributed by atoms with Gasteiger partial charge in [0.15, 0.2) is 0 Å². The maximum absolute atomic E-state index is 12.1. The van der Waals surface area contributed by atoms with E-state index in [1.165, 1.54) is 37.5 Å². The van der Waals surface area contributed by atoms with Gasteiger partial charge in [-0.15, -0.1) is 0 Å². The third-order valence-electron chi connectivity index (χ3n) is 3.65. The predicted octanol–water partition coefficient (Wildman–Crippen LogP) is 2.86. The van der Waals surface area contributed by atoms with Crippen LogP contribution in [-0.4, -0.2) is 34.2 Å². The highest BCUT2D eigenvalue weighted by molar-refractivity contribution is 8.01. The minimum atomic E-state index is -0.0362. The number of H-pyrrole nitrogens is 1. The first-order valence-electron chi connectivity index (χ1n) is 7.44. The summed E-state index contributed by atoms with van der Waals surface area (Å²) in [7, 11) is 0. The van der Waals surface area contributed by atoms with Gasteiger partial charge in [-0.05, 0) is 31.4 Å². The molecule has 0 saturated carbocycles. The average Bonchev–Trinajstić information content (AvgIpc) is 3.06. The maximum Gasteiger partial charge on any atom is 0.234 e. The highest BCUT2D eigenvalue weighted by Gasteiger charge is 2.22. The number of aromatic nitrogens is 3. The zero-order valence-corrected chi connectivity index (χ0v) is 13.3. The molecule has 22 heavy (non-hydrogen) atoms. The molecule has 1 aromatic carbocycles. The molecule has 1 aromatic heterocycles. The van der Waals surface area contributed by atoms with Crippen LogP contribution in [0, 0.1) is 0 Å². The molecule has 1 N–H and O–H groups in total. The number of amides is 1. The van der Waals surface area contributed by atoms with Crippen LogP contribution in [0.15, 0.2) is 35.7 Å². The molecule has 2 heterocycles. The van der Waals surface area contributed by atoms with Crippen LogP contribution in [0.3, 0.4) is 0 Å². The number of carbonyl (C=O) groups is 1. The van der Waals surface area contributed by atoms with E-state index in [1.54, 1.807) is 11.2 Å². The van der Waals surface area contributed by atoms with E-state index in [1.807, 2.05) is 18.2 Å². The molecule has 0 radical (unpaired) electrons. The largest absolute Gasteiger partial charge is 0.370 e. The van der Waals surface area contributed by atoms with Crippen molar-refractivity contribution in [2.75, 3.05) is 22.3 Å². The number of carbonyl (C=O) groups excluding carboxylic acids is 1. The third-order valence-corrected chi connectivity index (χ3v) is 4.66. The lowest BCUT2D eigenvalue weighted by atomic mass is 10.1. The number of anilines is 2. The summed E-state index contributed by atoms with van der Waals surface area (Å²) in [5.41, 5.74) is 2.00. The summed E-state index contributed by atoms with van der Waals surface area (Å²) >= 11 is 1.26. The SMILES string of the molecule is CC(=O)N(Sc1ncn[nH]1)c1ccccc1N1CCCCC1. The first-order valence-corrected chi connectivity index (χ1v) is 8.21. The van der Waals surface area contributed by atoms with Crippen LogP contribution in [0.5, 0.6) is 0 Å². The van der Waals surface area contributed by atoms with E-state index in [0.717, 1.165) is 24.5 Å². The quantitative estimate of drug-likeness (QED) is 0.878. The molecule has 3 rings (SSSR count). The van der Waals surface area contributed by atoms with Crippen LogP contribution in [0.1, 0.15) is 26.2 Å². The lowest BCUT2D eigenvalue weighted by Crippen LogP contribution is -2.31. The summed E-state index contributed by atoms with van der Waals surface area (Å²) < 4.78 is 1.67. The fourth-order valence-electron chi connectivity index (χ4n) is 2.65. The van der Waals surface area contributed by atoms with E-state index in [4.69, 9.17) is 0 Å². The monoisotopic (exact) mass is 317 g/mol. The molecule has 2 aromatic rings. The van der Waals surface area contributed by atoms with Crippen molar-refractivity contribution >= 4 is 29.2 Å². The first kappa shape index (κ1) is 14.9. The van der Waals surface area contributed by atoms with Crippen LogP contribution in [-0.2, 0) is 4.79 Å². The number of nitrogens with one attached hydrogen (secondary N) is 1. The van der Waals surface area contributed by atoms with Gasteiger partial charge < -0.3 is 4.90 Å². The van der Waals surface area contributed by atoms with Gasteiger partial charge in [-0.2, -0.15) is 5.10 Å². The molecular weight excluding hydrogens is 298 g/mol. The third kappa shape index (κ3) is 3.24. The minimum Gasteiger partial charge on any atom is -0.370 e. The van der Waals surface area contributed by atoms with Gasteiger partial charge in [-0.25, -0.2) is 9.29 Å². The van der Waals surface area contributed by atoms with Gasteiger partial charge in [0.05, 0.1) is 11.4 Å². The van der Waals surface area contributed by atoms with Crippen LogP contribution in [0.2, 0.25) is 0 Å². The minimum absolute atomic E-state index is 0.0362. The van der Waals surface area contributed by atoms with Crippen molar-refractivity contribution in [3.05, 3.63) is 30.6 Å². The van der Waals surface area contributed by atoms with Crippen molar-refractivity contribution in [2.45, 2.75) is 31.3 Å². The van der Waals surface area contributed by atoms with Crippen molar-refractivity contribution in [2.24, 2.45) is 0 Å². The number of hydrogen-bond donors (Lipinski definition) is 1. The normalized spacial score (nSPS) is 14.9. The molecule has 1 fully saturated rings. The molecule has 1 aliphatic heterocycles. The lowest BCUT2D eigenvalue weighted by molar-refractivity contribution is -0.115. The molecule has 0 spiro atoms. The topological polar surface area (TPSA) is 65.1 Å². The van der Waals surface area contributed by atoms with E-state index < -0.39 is 0 Å². The number of benzene rings is 1. The molecule has 116 valence electrons. The van der Waals surface area contributed by atoms with Crippen molar-refractivity contribution < 1.29 is 4.79 Å². The fraction of sp³-hybridized carbons (Fsp3) is 0.400. The molecule has 0 unspecified atom stereocenters. The number of aromatic amines is 1. The fourth-order valence-corrected chi connectivity index (χ4v) is 3.39. The van der Waals surface area contributed by atoms with Crippen molar-refractivity contribution in [1.29, 1.82) is 0 Å². The van der Waals surface area contributed by atoms with Gasteiger partial charge in [0.2, 0.25) is 11.1 Å². The van der Waals surface area contributed by atoms with Gasteiger partial charge in [-0.3, -0.25) is 9.89 Å². The summed E-state index contributed by atoms with van der Waals surface area (Å²) in [6.45, 7) is 3.64. The Bertz CT molecular complexity index is 625. The zero-order valence-electron chi connectivity index (χ0n) is 12.5. The van der Waals surface area contributed by atoms with Gasteiger partial charge >= 0.3 is 0 Å². The Hall–Kier alpha value is -2.02. The maximum atomic E-state index is 12.1. The van der Waals surface area contributed by atoms with Crippen molar-refractivity contribution in [3.63, 3.8) is 0 Å². The van der Waals surface area contributed by atoms with Crippen LogP contribution >= 0.6 is 11.9 Å². The van der Waals surface area contributed by atoms with E-state index in [2.05, 4.69) is 26.1 Å². The van der Waals surface area contributed by atoms with Crippen LogP contribution in [0.4, 0.5) is 11.4 Å². The Morgan fingerprint density at radius 2 is 2.05 bits per heavy atom. The Kier molecular flexibility index (Phi) is 4.62. The van der Waals surface area contributed by atoms with Gasteiger partial charge in [-0.1, -0.05) is 12.1 Å². The smallest absolute Gasteiger partial charge is 0.234 e. The van der Waals surface area contributed by atoms with Crippen molar-refractivity contribution in [1.82, 2.24) is 15.2 Å². The van der Waals surface area contributed by atoms with Gasteiger partial charge in [0.1, 0.15) is 6.33 Å². The summed E-state index contributed by atoms with van der Waals surface area (Å²) in [6.07, 6.45) is 5.12. The summed E-state index contributed by atoms with van der Waals surface area (Å²) in [4.78, 5) is 18.6. The van der Waals surface area contributed by atoms with E-state index in [-0.39, 0.29) is 5.91 Å². The van der Waals surface area contributed by atoms with Gasteiger partial charge in [0, 0.05) is 32.0 Å². The summed E-state index contributed by atoms with van der Waals surface area (Å²) in [5.74, 6) is -0.0362. The Morgan fingerprint density at radius 1 is 1.27 bits per heavy atom. The highest BCUT2D eigenvalue weighted by Crippen LogP contribution is 2.36. The Labute approximate surface area is 134 Å². The molecule has 1 amide bonds. The first-order chi connectivity index (χ1) is 10.8. The van der Waals surface area contributed by atoms with E-state index >= 15 is 0 Å². The Balaban J connectivity index is 1.91. The molecular formula is C15H19N5OS. The summed E-state index contributed by atoms with van der Waals surface area (Å²) in [6, 6.07) is 8.04. The van der Waals surface area contributed by atoms with E-state index in [9.17, 15) is 4.79 Å². The number of hydrogen-bond acceptors (Lipinski definition) is 5. The molecule has 1 saturated heterocycles. The number of para-hydroxylation sites is 2. The second kappa shape index (κ2) is 6.83. The predicted molar refractivity (Wildman–Crippen MR) is 87.9 cm³/mol. The second-order valence-corrected chi connectivity index (χ2v) is 6.17. The highest BCUT2D eigenvalue weighted by atomic mass is 32.2. The second-order valence-electron chi connectivity index (χ2n) is 5.23.